The molecular formula is C64H64FN3O. The summed E-state index contributed by atoms with van der Waals surface area (Å²) in [7, 11) is 0. The van der Waals surface area contributed by atoms with Crippen LogP contribution in [0.1, 0.15) is 105 Å². The molecule has 9 rings (SSSR count). The maximum atomic E-state index is 15.7. The first-order valence-electron chi connectivity index (χ1n) is 24.1. The molecule has 0 aliphatic rings. The minimum absolute atomic E-state index is 0.0939. The van der Waals surface area contributed by atoms with Gasteiger partial charge < -0.3 is 5.11 Å². The first-order chi connectivity index (χ1) is 32.6. The standard InChI is InChI=1S/C64H64FN3O/c1-61(2,3)46-27-29-56(51(37-46)41-22-17-14-18-23-41)68-57-25-19-24-50(58(57)67-60(68)52-38-48(63(7,8)9)39-53(59(52)69)64(10,11)12)44-32-45(34-47(33-44)62(4,5)6)55-36-43(30-31-66-55)42-26-28-49(54(65)35-42)40-20-15-13-16-21-40/h13-39,69H,1-12H3. The molecule has 1 N–H and O–H groups in total. The fraction of sp³-hybridized carbons (Fsp3) is 0.250. The highest BCUT2D eigenvalue weighted by molar-refractivity contribution is 5.98. The van der Waals surface area contributed by atoms with Crippen molar-refractivity contribution in [2.45, 2.75) is 105 Å². The Bertz CT molecular complexity index is 3370. The lowest BCUT2D eigenvalue weighted by Gasteiger charge is -2.28. The number of hydrogen-bond donors (Lipinski definition) is 1. The number of pyridine rings is 1. The first-order valence-corrected chi connectivity index (χ1v) is 24.1. The smallest absolute Gasteiger partial charge is 0.149 e. The van der Waals surface area contributed by atoms with Gasteiger partial charge in [-0.25, -0.2) is 9.37 Å². The predicted octanol–water partition coefficient (Wildman–Crippen LogP) is 17.5. The van der Waals surface area contributed by atoms with Crippen LogP contribution in [0.5, 0.6) is 5.75 Å². The second-order valence-electron chi connectivity index (χ2n) is 22.8. The van der Waals surface area contributed by atoms with Gasteiger partial charge in [0.1, 0.15) is 17.4 Å². The number of aromatic hydroxyl groups is 1. The Kier molecular flexibility index (Phi) is 11.9. The molecule has 2 aromatic heterocycles. The third-order valence-electron chi connectivity index (χ3n) is 13.5. The van der Waals surface area contributed by atoms with Gasteiger partial charge >= 0.3 is 0 Å². The van der Waals surface area contributed by atoms with E-state index in [2.05, 4.69) is 191 Å². The average molecular weight is 910 g/mol. The Hall–Kier alpha value is -7.11. The van der Waals surface area contributed by atoms with E-state index in [1.807, 2.05) is 54.7 Å². The van der Waals surface area contributed by atoms with Crippen molar-refractivity contribution in [2.24, 2.45) is 0 Å². The molecule has 9 aromatic rings. The Labute approximate surface area is 408 Å². The van der Waals surface area contributed by atoms with Crippen molar-refractivity contribution in [3.05, 3.63) is 192 Å². The molecule has 0 spiro atoms. The summed E-state index contributed by atoms with van der Waals surface area (Å²) in [6.07, 6.45) is 1.81. The van der Waals surface area contributed by atoms with Gasteiger partial charge in [-0.1, -0.05) is 186 Å². The maximum absolute atomic E-state index is 15.7. The van der Waals surface area contributed by atoms with Gasteiger partial charge in [0.05, 0.1) is 28.0 Å². The summed E-state index contributed by atoms with van der Waals surface area (Å²) in [6.45, 7) is 26.6. The topological polar surface area (TPSA) is 50.9 Å². The third-order valence-corrected chi connectivity index (χ3v) is 13.5. The molecule has 0 aliphatic heterocycles. The van der Waals surface area contributed by atoms with E-state index in [4.69, 9.17) is 9.97 Å². The van der Waals surface area contributed by atoms with Gasteiger partial charge in [0.15, 0.2) is 0 Å². The molecule has 7 aromatic carbocycles. The van der Waals surface area contributed by atoms with Crippen LogP contribution in [-0.2, 0) is 21.7 Å². The van der Waals surface area contributed by atoms with E-state index in [1.165, 1.54) is 5.56 Å². The highest BCUT2D eigenvalue weighted by Gasteiger charge is 2.30. The van der Waals surface area contributed by atoms with Crippen LogP contribution in [-0.4, -0.2) is 19.6 Å². The van der Waals surface area contributed by atoms with Crippen LogP contribution in [0.2, 0.25) is 0 Å². The second kappa shape index (κ2) is 17.4. The van der Waals surface area contributed by atoms with Crippen LogP contribution in [0.15, 0.2) is 164 Å². The maximum Gasteiger partial charge on any atom is 0.149 e. The zero-order valence-corrected chi connectivity index (χ0v) is 42.3. The SMILES string of the molecule is CC(C)(C)c1cc(-c2cc(-c3ccc(-c4ccccc4)c(F)c3)ccn2)cc(-c2cccc3c2nc(-c2cc(C(C)(C)C)cc(C(C)(C)C)c2O)n3-c2ccc(C(C)(C)C)cc2-c2ccccc2)c1. The van der Waals surface area contributed by atoms with Crippen molar-refractivity contribution in [3.63, 3.8) is 0 Å². The van der Waals surface area contributed by atoms with E-state index in [-0.39, 0.29) is 33.2 Å². The predicted molar refractivity (Wildman–Crippen MR) is 288 cm³/mol. The molecule has 0 unspecified atom stereocenters. The normalized spacial score (nSPS) is 12.5. The summed E-state index contributed by atoms with van der Waals surface area (Å²) in [4.78, 5) is 10.6. The summed E-state index contributed by atoms with van der Waals surface area (Å²) in [5.41, 5.74) is 15.9. The number of nitrogens with zero attached hydrogens (tertiary/aromatic N) is 3. The van der Waals surface area contributed by atoms with E-state index in [0.29, 0.717) is 17.0 Å². The van der Waals surface area contributed by atoms with E-state index in [9.17, 15) is 5.11 Å². The fourth-order valence-corrected chi connectivity index (χ4v) is 9.29. The lowest BCUT2D eigenvalue weighted by atomic mass is 9.79. The Morgan fingerprint density at radius 2 is 1.03 bits per heavy atom. The summed E-state index contributed by atoms with van der Waals surface area (Å²) >= 11 is 0. The second-order valence-corrected chi connectivity index (χ2v) is 22.8. The molecular weight excluding hydrogens is 846 g/mol. The average Bonchev–Trinajstić information content (AvgIpc) is 3.70. The number of fused-ring (bicyclic) bond motifs is 1. The molecule has 0 bridgehead atoms. The number of phenolic OH excluding ortho intramolecular Hbond substituents is 1. The van der Waals surface area contributed by atoms with Crippen molar-refractivity contribution >= 4 is 11.0 Å². The van der Waals surface area contributed by atoms with Crippen LogP contribution in [0.3, 0.4) is 0 Å². The van der Waals surface area contributed by atoms with Gasteiger partial charge in [-0.2, -0.15) is 0 Å². The minimum atomic E-state index is -0.347. The number of aromatic nitrogens is 3. The zero-order chi connectivity index (χ0) is 49.2. The van der Waals surface area contributed by atoms with Gasteiger partial charge in [0.2, 0.25) is 0 Å². The largest absolute Gasteiger partial charge is 0.507 e. The molecule has 0 fully saturated rings. The van der Waals surface area contributed by atoms with Crippen LogP contribution < -0.4 is 0 Å². The van der Waals surface area contributed by atoms with E-state index < -0.39 is 0 Å². The summed E-state index contributed by atoms with van der Waals surface area (Å²) in [6, 6.07) is 53.9. The first kappa shape index (κ1) is 47.0. The van der Waals surface area contributed by atoms with E-state index in [1.54, 1.807) is 6.07 Å². The molecule has 4 nitrogen and oxygen atoms in total. The lowest BCUT2D eigenvalue weighted by Crippen LogP contribution is -2.17. The van der Waals surface area contributed by atoms with E-state index in [0.717, 1.165) is 83.6 Å². The summed E-state index contributed by atoms with van der Waals surface area (Å²) in [5.74, 6) is 0.633. The van der Waals surface area contributed by atoms with Gasteiger partial charge in [-0.05, 0) is 121 Å². The highest BCUT2D eigenvalue weighted by Crippen LogP contribution is 2.46. The summed E-state index contributed by atoms with van der Waals surface area (Å²) < 4.78 is 18.0. The number of para-hydroxylation sites is 1. The molecule has 348 valence electrons. The lowest BCUT2D eigenvalue weighted by molar-refractivity contribution is 0.446. The van der Waals surface area contributed by atoms with Crippen LogP contribution >= 0.6 is 0 Å². The number of benzene rings is 7. The van der Waals surface area contributed by atoms with Crippen molar-refractivity contribution in [2.75, 3.05) is 0 Å². The van der Waals surface area contributed by atoms with Gasteiger partial charge in [0.25, 0.3) is 0 Å². The Balaban J connectivity index is 1.30. The van der Waals surface area contributed by atoms with E-state index >= 15 is 4.39 Å². The van der Waals surface area contributed by atoms with Gasteiger partial charge in [0, 0.05) is 34.0 Å². The van der Waals surface area contributed by atoms with Crippen molar-refractivity contribution in [1.29, 1.82) is 0 Å². The number of imidazole rings is 1. The molecule has 0 saturated carbocycles. The number of phenols is 1. The molecule has 0 saturated heterocycles. The molecule has 0 aliphatic carbocycles. The zero-order valence-electron chi connectivity index (χ0n) is 42.3. The number of halogens is 1. The summed E-state index contributed by atoms with van der Waals surface area (Å²) in [5, 5.41) is 12.6. The number of rotatable bonds is 7. The third kappa shape index (κ3) is 9.27. The van der Waals surface area contributed by atoms with Gasteiger partial charge in [-0.15, -0.1) is 0 Å². The molecule has 69 heavy (non-hydrogen) atoms. The molecule has 0 radical (unpaired) electrons. The number of hydrogen-bond acceptors (Lipinski definition) is 3. The van der Waals surface area contributed by atoms with Crippen LogP contribution in [0.25, 0.3) is 83.9 Å². The van der Waals surface area contributed by atoms with Crippen molar-refractivity contribution in [3.8, 4) is 78.6 Å². The molecule has 0 atom stereocenters. The molecule has 0 amide bonds. The quantitative estimate of drug-likeness (QED) is 0.173. The monoisotopic (exact) mass is 910 g/mol. The Morgan fingerprint density at radius 3 is 1.65 bits per heavy atom. The molecule has 5 heteroatoms. The van der Waals surface area contributed by atoms with Crippen LogP contribution in [0, 0.1) is 5.82 Å². The fourth-order valence-electron chi connectivity index (χ4n) is 9.29. The van der Waals surface area contributed by atoms with Crippen molar-refractivity contribution in [1.82, 2.24) is 14.5 Å². The molecule has 2 heterocycles. The Morgan fingerprint density at radius 1 is 0.435 bits per heavy atom. The van der Waals surface area contributed by atoms with Gasteiger partial charge in [-0.3, -0.25) is 9.55 Å². The van der Waals surface area contributed by atoms with Crippen LogP contribution in [0.4, 0.5) is 4.39 Å². The highest BCUT2D eigenvalue weighted by atomic mass is 19.1. The van der Waals surface area contributed by atoms with Crippen molar-refractivity contribution < 1.29 is 9.50 Å². The minimum Gasteiger partial charge on any atom is -0.507 e.